The van der Waals surface area contributed by atoms with Gasteiger partial charge in [-0.15, -0.1) is 0 Å². The lowest BCUT2D eigenvalue weighted by molar-refractivity contribution is -0.637. The molecule has 0 aromatic heterocycles. The van der Waals surface area contributed by atoms with E-state index in [1.165, 1.54) is 0 Å². The van der Waals surface area contributed by atoms with Crippen LogP contribution in [-0.4, -0.2) is 16.3 Å². The molecule has 0 aliphatic rings. The van der Waals surface area contributed by atoms with Crippen molar-refractivity contribution < 1.29 is 28.8 Å². The van der Waals surface area contributed by atoms with E-state index in [4.69, 9.17) is 5.11 Å². The molecule has 0 aromatic carbocycles. The van der Waals surface area contributed by atoms with Gasteiger partial charge in [-0.25, -0.2) is 4.79 Å². The smallest absolute Gasteiger partial charge is 0.462 e. The summed E-state index contributed by atoms with van der Waals surface area (Å²) in [4.78, 5) is 10.0. The molecule has 0 spiro atoms. The summed E-state index contributed by atoms with van der Waals surface area (Å²) in [6.45, 7) is 1.00. The molecular weight excluding hydrogens is 176 g/mol. The highest BCUT2D eigenvalue weighted by molar-refractivity contribution is 7.94. The Balaban J connectivity index is 0. The van der Waals surface area contributed by atoms with E-state index in [1.807, 2.05) is 0 Å². The lowest BCUT2D eigenvalue weighted by Gasteiger charge is -1.96. The van der Waals surface area contributed by atoms with E-state index in [1.54, 1.807) is 0 Å². The van der Waals surface area contributed by atoms with Crippen LogP contribution in [0.2, 0.25) is 0 Å². The highest BCUT2D eigenvalue weighted by Crippen LogP contribution is 2.07. The van der Waals surface area contributed by atoms with Gasteiger partial charge in [0.15, 0.2) is 0 Å². The van der Waals surface area contributed by atoms with E-state index in [9.17, 15) is 13.6 Å². The first-order valence-corrected chi connectivity index (χ1v) is 3.79. The second-order valence-electron chi connectivity index (χ2n) is 1.59. The number of aliphatic carboxylic acids is 1. The van der Waals surface area contributed by atoms with Crippen molar-refractivity contribution in [2.45, 2.75) is 12.2 Å². The highest BCUT2D eigenvalue weighted by atomic mass is 32.3. The van der Waals surface area contributed by atoms with Crippen molar-refractivity contribution in [3.8, 4) is 0 Å². The molecular formula is C3H12N2O5S+3. The van der Waals surface area contributed by atoms with E-state index in [0.717, 1.165) is 6.92 Å². The second-order valence-corrected chi connectivity index (χ2v) is 3.52. The maximum absolute atomic E-state index is 10.5. The number of hydrogen-bond acceptors (Lipinski definition) is 3. The van der Waals surface area contributed by atoms with Crippen LogP contribution in [0.25, 0.3) is 0 Å². The summed E-state index contributed by atoms with van der Waals surface area (Å²) in [6.07, 6.45) is 0. The van der Waals surface area contributed by atoms with E-state index >= 15 is 0 Å². The largest absolute Gasteiger partial charge is 0.477 e. The SMILES string of the molecule is C[C@H](C(=O)O)[S+]([O])(=O)O[NH3+].[NH4+]. The highest BCUT2D eigenvalue weighted by Gasteiger charge is 2.46. The lowest BCUT2D eigenvalue weighted by atomic mass is 10.5. The van der Waals surface area contributed by atoms with Crippen molar-refractivity contribution in [1.82, 2.24) is 6.15 Å². The van der Waals surface area contributed by atoms with Crippen LogP contribution < -0.4 is 12.0 Å². The van der Waals surface area contributed by atoms with E-state index in [2.05, 4.69) is 10.2 Å². The molecule has 0 fully saturated rings. The fourth-order valence-electron chi connectivity index (χ4n) is 0.226. The Morgan fingerprint density at radius 1 is 1.73 bits per heavy atom. The average molecular weight is 188 g/mol. The standard InChI is InChI=1S/C3H7NO5S.H3N/c1-2(3(5)6)10(7,8)9-4;/h2H,1,4H3;1H3/q+1;/p+2/t2-;/m1./s1. The molecule has 0 bridgehead atoms. The van der Waals surface area contributed by atoms with Gasteiger partial charge in [-0.2, -0.15) is 5.90 Å². The maximum Gasteiger partial charge on any atom is 0.462 e. The van der Waals surface area contributed by atoms with Crippen molar-refractivity contribution >= 4 is 16.5 Å². The van der Waals surface area contributed by atoms with E-state index < -0.39 is 21.7 Å². The van der Waals surface area contributed by atoms with Gasteiger partial charge in [-0.3, -0.25) is 0 Å². The topological polar surface area (TPSA) is 148 Å². The van der Waals surface area contributed by atoms with Crippen molar-refractivity contribution in [3.05, 3.63) is 0 Å². The van der Waals surface area contributed by atoms with Gasteiger partial charge < -0.3 is 11.3 Å². The van der Waals surface area contributed by atoms with Crippen LogP contribution in [0, 0.1) is 0 Å². The third-order valence-corrected chi connectivity index (χ3v) is 2.34. The van der Waals surface area contributed by atoms with Crippen LogP contribution in [-0.2, 0) is 28.3 Å². The molecule has 1 radical (unpaired) electrons. The summed E-state index contributed by atoms with van der Waals surface area (Å²) in [5.74, 6) is 1.15. The van der Waals surface area contributed by atoms with Crippen LogP contribution in [0.5, 0.6) is 0 Å². The summed E-state index contributed by atoms with van der Waals surface area (Å²) >= 11 is 0. The van der Waals surface area contributed by atoms with E-state index in [0.29, 0.717) is 0 Å². The number of carbonyl (C=O) groups is 1. The Morgan fingerprint density at radius 3 is 2.18 bits per heavy atom. The normalized spacial score (nSPS) is 17.7. The lowest BCUT2D eigenvalue weighted by Crippen LogP contribution is -2.55. The van der Waals surface area contributed by atoms with Crippen LogP contribution in [0.1, 0.15) is 6.92 Å². The number of carboxylic acid groups (broad SMARTS) is 1. The Bertz CT molecular complexity index is 183. The van der Waals surface area contributed by atoms with Gasteiger partial charge in [-0.05, 0) is 4.21 Å². The zero-order valence-electron chi connectivity index (χ0n) is 6.27. The second kappa shape index (κ2) is 4.36. The number of quaternary nitrogens is 2. The first-order chi connectivity index (χ1) is 4.41. The summed E-state index contributed by atoms with van der Waals surface area (Å²) in [5.41, 5.74) is 0. The predicted octanol–water partition coefficient (Wildman–Crippen LogP) is -1.23. The van der Waals surface area contributed by atoms with E-state index in [-0.39, 0.29) is 6.15 Å². The first kappa shape index (κ1) is 13.1. The molecule has 0 saturated carbocycles. The van der Waals surface area contributed by atoms with Crippen molar-refractivity contribution in [2.24, 2.45) is 0 Å². The summed E-state index contributed by atoms with van der Waals surface area (Å²) in [6, 6.07) is 0. The fourth-order valence-corrected chi connectivity index (χ4v) is 0.677. The minimum absolute atomic E-state index is 0. The zero-order chi connectivity index (χ0) is 8.36. The Labute approximate surface area is 64.5 Å². The van der Waals surface area contributed by atoms with Gasteiger partial charge >= 0.3 is 16.5 Å². The van der Waals surface area contributed by atoms with Gasteiger partial charge in [0.1, 0.15) is 0 Å². The summed E-state index contributed by atoms with van der Waals surface area (Å²) in [5, 5.41) is 6.60. The van der Waals surface area contributed by atoms with Crippen molar-refractivity contribution in [3.63, 3.8) is 0 Å². The average Bonchev–Trinajstić information content (AvgIpc) is 1.86. The third kappa shape index (κ3) is 3.39. The van der Waals surface area contributed by atoms with Gasteiger partial charge in [0.05, 0.1) is 4.55 Å². The maximum atomic E-state index is 10.5. The monoisotopic (exact) mass is 188 g/mol. The molecule has 8 N–H and O–H groups in total. The quantitative estimate of drug-likeness (QED) is 0.375. The number of rotatable bonds is 3. The van der Waals surface area contributed by atoms with Crippen molar-refractivity contribution in [2.75, 3.05) is 0 Å². The van der Waals surface area contributed by atoms with Gasteiger partial charge in [0, 0.05) is 11.2 Å². The minimum atomic E-state index is -4.01. The number of hydrogen-bond donors (Lipinski definition) is 3. The first-order valence-electron chi connectivity index (χ1n) is 2.32. The fraction of sp³-hybridized carbons (Fsp3) is 0.667. The van der Waals surface area contributed by atoms with Crippen LogP contribution in [0.3, 0.4) is 0 Å². The molecule has 1 unspecified atom stereocenters. The molecule has 67 valence electrons. The van der Waals surface area contributed by atoms with Crippen LogP contribution in [0.4, 0.5) is 0 Å². The number of carboxylic acids is 1. The van der Waals surface area contributed by atoms with Gasteiger partial charge in [0.25, 0.3) is 5.25 Å². The molecule has 0 rings (SSSR count). The summed E-state index contributed by atoms with van der Waals surface area (Å²) in [7, 11) is -4.01. The Kier molecular flexibility index (Phi) is 5.19. The molecule has 0 amide bonds. The molecule has 11 heavy (non-hydrogen) atoms. The molecule has 0 aliphatic carbocycles. The zero-order valence-corrected chi connectivity index (χ0v) is 7.09. The Morgan fingerprint density at radius 2 is 2.09 bits per heavy atom. The minimum Gasteiger partial charge on any atom is -0.477 e. The van der Waals surface area contributed by atoms with Crippen LogP contribution >= 0.6 is 0 Å². The molecule has 2 atom stereocenters. The summed E-state index contributed by atoms with van der Waals surface area (Å²) < 4.78 is 24.7. The predicted molar refractivity (Wildman–Crippen MR) is 35.8 cm³/mol. The van der Waals surface area contributed by atoms with Crippen LogP contribution in [0.15, 0.2) is 0 Å². The van der Waals surface area contributed by atoms with Crippen molar-refractivity contribution in [1.29, 1.82) is 0 Å². The molecule has 0 aromatic rings. The molecule has 0 saturated heterocycles. The third-order valence-electron chi connectivity index (χ3n) is 0.945. The molecule has 0 aliphatic heterocycles. The van der Waals surface area contributed by atoms with Gasteiger partial charge in [0.2, 0.25) is 0 Å². The molecule has 0 heterocycles. The van der Waals surface area contributed by atoms with Gasteiger partial charge in [-0.1, -0.05) is 0 Å². The Hall–Kier alpha value is -0.540. The molecule has 8 heteroatoms. The molecule has 7 nitrogen and oxygen atoms in total.